The van der Waals surface area contributed by atoms with Crippen molar-refractivity contribution in [1.29, 1.82) is 0 Å². The predicted molar refractivity (Wildman–Crippen MR) is 132 cm³/mol. The van der Waals surface area contributed by atoms with E-state index in [1.54, 1.807) is 0 Å². The van der Waals surface area contributed by atoms with Gasteiger partial charge in [0, 0.05) is 13.1 Å². The number of nitrogens with zero attached hydrogens (tertiary/aromatic N) is 1. The molecule has 0 spiro atoms. The van der Waals surface area contributed by atoms with Crippen LogP contribution in [0.2, 0.25) is 0 Å². The summed E-state index contributed by atoms with van der Waals surface area (Å²) in [5, 5.41) is 0. The summed E-state index contributed by atoms with van der Waals surface area (Å²) in [5.74, 6) is 2.50. The van der Waals surface area contributed by atoms with Crippen LogP contribution in [0.3, 0.4) is 0 Å². The first-order valence-electron chi connectivity index (χ1n) is 11.9. The Hall–Kier alpha value is -2.78. The molecule has 0 aromatic heterocycles. The van der Waals surface area contributed by atoms with Crippen molar-refractivity contribution in [1.82, 2.24) is 4.90 Å². The molecule has 1 atom stereocenters. The number of likely N-dealkylation sites (tertiary alicyclic amines) is 1. The van der Waals surface area contributed by atoms with Crippen molar-refractivity contribution in [2.24, 2.45) is 0 Å². The molecule has 3 aromatic carbocycles. The van der Waals surface area contributed by atoms with E-state index in [1.807, 2.05) is 12.1 Å². The largest absolute Gasteiger partial charge is 0.494 e. The van der Waals surface area contributed by atoms with E-state index in [1.165, 1.54) is 41.6 Å². The first kappa shape index (κ1) is 22.4. The van der Waals surface area contributed by atoms with Crippen LogP contribution < -0.4 is 9.47 Å². The van der Waals surface area contributed by atoms with Gasteiger partial charge in [0.05, 0.1) is 6.61 Å². The number of aryl methyl sites for hydroxylation is 2. The van der Waals surface area contributed by atoms with Gasteiger partial charge in [-0.15, -0.1) is 0 Å². The van der Waals surface area contributed by atoms with Crippen molar-refractivity contribution in [2.75, 3.05) is 26.2 Å². The lowest BCUT2D eigenvalue weighted by Gasteiger charge is -2.33. The van der Waals surface area contributed by atoms with Gasteiger partial charge in [-0.3, -0.25) is 0 Å². The molecule has 3 nitrogen and oxygen atoms in total. The van der Waals surface area contributed by atoms with Crippen molar-refractivity contribution in [2.45, 2.75) is 45.6 Å². The second-order valence-corrected chi connectivity index (χ2v) is 9.00. The van der Waals surface area contributed by atoms with Gasteiger partial charge in [0.15, 0.2) is 0 Å². The average Bonchev–Trinajstić information content (AvgIpc) is 2.83. The van der Waals surface area contributed by atoms with Crippen molar-refractivity contribution in [3.63, 3.8) is 0 Å². The lowest BCUT2D eigenvalue weighted by Crippen LogP contribution is -2.35. The summed E-state index contributed by atoms with van der Waals surface area (Å²) < 4.78 is 11.9. The Labute approximate surface area is 193 Å². The lowest BCUT2D eigenvalue weighted by molar-refractivity contribution is 0.189. The first-order chi connectivity index (χ1) is 15.7. The van der Waals surface area contributed by atoms with E-state index in [4.69, 9.17) is 9.47 Å². The van der Waals surface area contributed by atoms with Crippen molar-refractivity contribution in [3.05, 3.63) is 95.1 Å². The molecule has 0 N–H and O–H groups in total. The van der Waals surface area contributed by atoms with E-state index < -0.39 is 0 Å². The SMILES string of the molecule is Cc1ccc(OCCCN2CCCC(c3cccc(COc4ccc(C)cc4)c3)C2)cc1. The normalized spacial score (nSPS) is 16.6. The summed E-state index contributed by atoms with van der Waals surface area (Å²) in [6, 6.07) is 25.5. The third kappa shape index (κ3) is 6.61. The third-order valence-corrected chi connectivity index (χ3v) is 6.26. The second-order valence-electron chi connectivity index (χ2n) is 9.00. The first-order valence-corrected chi connectivity index (χ1v) is 11.9. The van der Waals surface area contributed by atoms with Crippen molar-refractivity contribution >= 4 is 0 Å². The van der Waals surface area contributed by atoms with Crippen LogP contribution in [0.25, 0.3) is 0 Å². The summed E-state index contributed by atoms with van der Waals surface area (Å²) in [6.07, 6.45) is 3.58. The Morgan fingerprint density at radius 1 is 0.844 bits per heavy atom. The van der Waals surface area contributed by atoms with E-state index in [2.05, 4.69) is 79.4 Å². The highest BCUT2D eigenvalue weighted by atomic mass is 16.5. The maximum Gasteiger partial charge on any atom is 0.119 e. The Balaban J connectivity index is 1.24. The molecule has 32 heavy (non-hydrogen) atoms. The van der Waals surface area contributed by atoms with Gasteiger partial charge in [-0.2, -0.15) is 0 Å². The molecule has 168 valence electrons. The molecule has 3 aromatic rings. The maximum atomic E-state index is 5.99. The van der Waals surface area contributed by atoms with Gasteiger partial charge in [0.2, 0.25) is 0 Å². The van der Waals surface area contributed by atoms with E-state index in [0.29, 0.717) is 12.5 Å². The second kappa shape index (κ2) is 11.2. The monoisotopic (exact) mass is 429 g/mol. The molecule has 3 heteroatoms. The third-order valence-electron chi connectivity index (χ3n) is 6.26. The molecule has 0 amide bonds. The van der Waals surface area contributed by atoms with E-state index in [9.17, 15) is 0 Å². The minimum absolute atomic E-state index is 0.598. The van der Waals surface area contributed by atoms with Gasteiger partial charge < -0.3 is 14.4 Å². The smallest absolute Gasteiger partial charge is 0.119 e. The van der Waals surface area contributed by atoms with Crippen LogP contribution >= 0.6 is 0 Å². The molecule has 4 rings (SSSR count). The molecular formula is C29H35NO2. The van der Waals surface area contributed by atoms with Crippen molar-refractivity contribution in [3.8, 4) is 11.5 Å². The molecule has 1 heterocycles. The quantitative estimate of drug-likeness (QED) is 0.361. The van der Waals surface area contributed by atoms with Gasteiger partial charge in [-0.1, -0.05) is 59.7 Å². The molecular weight excluding hydrogens is 394 g/mol. The summed E-state index contributed by atoms with van der Waals surface area (Å²) in [5.41, 5.74) is 5.20. The lowest BCUT2D eigenvalue weighted by atomic mass is 9.89. The van der Waals surface area contributed by atoms with E-state index in [-0.39, 0.29) is 0 Å². The number of hydrogen-bond acceptors (Lipinski definition) is 3. The molecule has 1 aliphatic rings. The fraction of sp³-hybridized carbons (Fsp3) is 0.379. The number of hydrogen-bond donors (Lipinski definition) is 0. The van der Waals surface area contributed by atoms with Crippen molar-refractivity contribution < 1.29 is 9.47 Å². The zero-order chi connectivity index (χ0) is 22.2. The Bertz CT molecular complexity index is 965. The standard InChI is InChI=1S/C29H35NO2/c1-23-9-13-28(14-10-23)31-19-5-18-30-17-4-8-27(21-30)26-7-3-6-25(20-26)22-32-29-15-11-24(2)12-16-29/h3,6-7,9-16,20,27H,4-5,8,17-19,21-22H2,1-2H3. The van der Waals surface area contributed by atoms with Crippen LogP contribution in [0.1, 0.15) is 47.4 Å². The molecule has 0 aliphatic carbocycles. The zero-order valence-corrected chi connectivity index (χ0v) is 19.4. The van der Waals surface area contributed by atoms with Gasteiger partial charge in [-0.05, 0) is 81.0 Å². The molecule has 1 fully saturated rings. The fourth-order valence-corrected chi connectivity index (χ4v) is 4.38. The van der Waals surface area contributed by atoms with Gasteiger partial charge >= 0.3 is 0 Å². The Morgan fingerprint density at radius 3 is 2.25 bits per heavy atom. The maximum absolute atomic E-state index is 5.99. The van der Waals surface area contributed by atoms with Crippen LogP contribution in [-0.4, -0.2) is 31.1 Å². The zero-order valence-electron chi connectivity index (χ0n) is 19.4. The van der Waals surface area contributed by atoms with Crippen LogP contribution in [0.4, 0.5) is 0 Å². The molecule has 1 saturated heterocycles. The van der Waals surface area contributed by atoms with E-state index >= 15 is 0 Å². The van der Waals surface area contributed by atoms with Gasteiger partial charge in [0.25, 0.3) is 0 Å². The number of rotatable bonds is 9. The summed E-state index contributed by atoms with van der Waals surface area (Å²) in [4.78, 5) is 2.60. The highest BCUT2D eigenvalue weighted by Gasteiger charge is 2.21. The van der Waals surface area contributed by atoms with E-state index in [0.717, 1.165) is 37.6 Å². The topological polar surface area (TPSA) is 21.7 Å². The Morgan fingerprint density at radius 2 is 1.53 bits per heavy atom. The summed E-state index contributed by atoms with van der Waals surface area (Å²) >= 11 is 0. The van der Waals surface area contributed by atoms with Crippen LogP contribution in [0.15, 0.2) is 72.8 Å². The molecule has 0 radical (unpaired) electrons. The minimum atomic E-state index is 0.598. The summed E-state index contributed by atoms with van der Waals surface area (Å²) in [7, 11) is 0. The van der Waals surface area contributed by atoms with Crippen LogP contribution in [0.5, 0.6) is 11.5 Å². The number of ether oxygens (including phenoxy) is 2. The Kier molecular flexibility index (Phi) is 7.84. The highest BCUT2D eigenvalue weighted by Crippen LogP contribution is 2.28. The molecule has 1 aliphatic heterocycles. The fourth-order valence-electron chi connectivity index (χ4n) is 4.38. The highest BCUT2D eigenvalue weighted by molar-refractivity contribution is 5.29. The number of piperidine rings is 1. The van der Waals surface area contributed by atoms with Crippen LogP contribution in [-0.2, 0) is 6.61 Å². The summed E-state index contributed by atoms with van der Waals surface area (Å²) in [6.45, 7) is 9.00. The average molecular weight is 430 g/mol. The number of benzene rings is 3. The van der Waals surface area contributed by atoms with Gasteiger partial charge in [-0.25, -0.2) is 0 Å². The predicted octanol–water partition coefficient (Wildman–Crippen LogP) is 6.53. The minimum Gasteiger partial charge on any atom is -0.494 e. The molecule has 0 bridgehead atoms. The molecule has 0 saturated carbocycles. The molecule has 1 unspecified atom stereocenters. The van der Waals surface area contributed by atoms with Gasteiger partial charge in [0.1, 0.15) is 18.1 Å². The van der Waals surface area contributed by atoms with Crippen LogP contribution in [0, 0.1) is 13.8 Å².